The van der Waals surface area contributed by atoms with Gasteiger partial charge in [-0.1, -0.05) is 0 Å². The van der Waals surface area contributed by atoms with E-state index in [-0.39, 0.29) is 27.6 Å². The molecule has 1 aromatic heterocycles. The van der Waals surface area contributed by atoms with E-state index in [1.165, 1.54) is 5.57 Å². The zero-order chi connectivity index (χ0) is 20.1. The first-order valence-electron chi connectivity index (χ1n) is 9.60. The quantitative estimate of drug-likeness (QED) is 0.533. The molecule has 0 bridgehead atoms. The summed E-state index contributed by atoms with van der Waals surface area (Å²) in [5.74, 6) is 0.831. The van der Waals surface area contributed by atoms with Crippen molar-refractivity contribution in [2.75, 3.05) is 25.1 Å². The Kier molecular flexibility index (Phi) is 7.28. The number of halogens is 2. The van der Waals surface area contributed by atoms with Crippen molar-refractivity contribution in [2.24, 2.45) is 3.21 Å². The van der Waals surface area contributed by atoms with E-state index in [1.807, 2.05) is 6.92 Å². The third-order valence-corrected chi connectivity index (χ3v) is 7.37. The average Bonchev–Trinajstić information content (AvgIpc) is 2.95. The van der Waals surface area contributed by atoms with Gasteiger partial charge in [-0.25, -0.2) is 0 Å². The zero-order valence-electron chi connectivity index (χ0n) is 16.2. The summed E-state index contributed by atoms with van der Waals surface area (Å²) in [4.78, 5) is 9.04. The van der Waals surface area contributed by atoms with Crippen molar-refractivity contribution in [1.29, 1.82) is 0 Å². The predicted molar refractivity (Wildman–Crippen MR) is 115 cm³/mol. The van der Waals surface area contributed by atoms with Gasteiger partial charge in [0.25, 0.3) is 0 Å². The molecule has 0 amide bonds. The molecule has 1 aromatic carbocycles. The van der Waals surface area contributed by atoms with E-state index in [4.69, 9.17) is 9.47 Å². The molecule has 1 N–H and O–H groups in total. The summed E-state index contributed by atoms with van der Waals surface area (Å²) in [6.45, 7) is 4.84. The summed E-state index contributed by atoms with van der Waals surface area (Å²) in [6, 6.07) is 4.15. The van der Waals surface area contributed by atoms with E-state index in [9.17, 15) is 0 Å². The molecule has 0 spiro atoms. The molecule has 0 aliphatic carbocycles. The molecular weight excluding hydrogens is 547 g/mol. The molecule has 2 aromatic rings. The van der Waals surface area contributed by atoms with Crippen LogP contribution in [0.2, 0.25) is 0 Å². The molecule has 29 heavy (non-hydrogen) atoms. The monoisotopic (exact) mass is 569 g/mol. The topological polar surface area (TPSA) is 68.6 Å². The Labute approximate surface area is 189 Å². The number of aromatic nitrogens is 2. The molecule has 2 aliphatic heterocycles. The fourth-order valence-corrected chi connectivity index (χ4v) is 5.27. The van der Waals surface area contributed by atoms with Crippen molar-refractivity contribution in [2.45, 2.75) is 32.5 Å². The number of rotatable bonds is 6. The number of fused-ring (bicyclic) bond motifs is 1. The van der Waals surface area contributed by atoms with Gasteiger partial charge in [0.05, 0.1) is 0 Å². The van der Waals surface area contributed by atoms with Crippen LogP contribution in [0.3, 0.4) is 0 Å². The summed E-state index contributed by atoms with van der Waals surface area (Å²) < 4.78 is 19.3. The standard InChI is InChI=1S/C21H23BrIN4O2/c1-14-2-3-15(10-23-27-14)11-24-21-19-9-17(22)8-16(20(19)25-13-26-21)12-29-18-4-6-28-7-5-18/h2-3,8-10,13,18H,4-7,11-12H2,1H3,(H,24,25,26)/q-1. The zero-order valence-corrected chi connectivity index (χ0v) is 19.9. The Balaban J connectivity index is 1.52. The number of hydrogen-bond donors (Lipinski definition) is 1. The molecule has 8 heteroatoms. The van der Waals surface area contributed by atoms with Crippen molar-refractivity contribution in [3.8, 4) is 0 Å². The van der Waals surface area contributed by atoms with E-state index in [0.717, 1.165) is 58.5 Å². The first-order valence-corrected chi connectivity index (χ1v) is 12.6. The Morgan fingerprint density at radius 2 is 2.10 bits per heavy atom. The minimum atomic E-state index is -0.276. The van der Waals surface area contributed by atoms with E-state index in [0.29, 0.717) is 13.2 Å². The number of nitrogens with one attached hydrogen (secondary N) is 1. The van der Waals surface area contributed by atoms with Crippen LogP contribution in [-0.4, -0.2) is 41.5 Å². The molecule has 1 saturated heterocycles. The summed E-state index contributed by atoms with van der Waals surface area (Å²) in [6.07, 6.45) is 7.96. The van der Waals surface area contributed by atoms with Gasteiger partial charge in [-0.15, -0.1) is 0 Å². The molecule has 3 heterocycles. The maximum absolute atomic E-state index is 6.14. The second-order valence-corrected chi connectivity index (χ2v) is 9.58. The van der Waals surface area contributed by atoms with Crippen LogP contribution in [0, 0.1) is 0 Å². The third-order valence-electron chi connectivity index (χ3n) is 4.79. The SMILES string of the molecule is CC1=N[I-]C=C(CNc2ncnc3c(COC4CCOCC4)cc(Br)cc23)C=C1. The predicted octanol–water partition coefficient (Wildman–Crippen LogP) is 1.42. The number of allylic oxidation sites excluding steroid dienone is 1. The van der Waals surface area contributed by atoms with E-state index < -0.39 is 0 Å². The average molecular weight is 570 g/mol. The van der Waals surface area contributed by atoms with Crippen LogP contribution in [0.1, 0.15) is 25.3 Å². The van der Waals surface area contributed by atoms with Crippen molar-refractivity contribution in [3.05, 3.63) is 50.3 Å². The van der Waals surface area contributed by atoms with Gasteiger partial charge in [0.2, 0.25) is 0 Å². The molecule has 4 rings (SSSR count). The number of ether oxygens (including phenoxy) is 2. The van der Waals surface area contributed by atoms with Gasteiger partial charge in [0.1, 0.15) is 0 Å². The summed E-state index contributed by atoms with van der Waals surface area (Å²) >= 11 is 3.36. The molecule has 0 atom stereocenters. The van der Waals surface area contributed by atoms with Crippen LogP contribution in [0.25, 0.3) is 10.9 Å². The van der Waals surface area contributed by atoms with Gasteiger partial charge in [-0.05, 0) is 0 Å². The number of hydrogen-bond acceptors (Lipinski definition) is 6. The summed E-state index contributed by atoms with van der Waals surface area (Å²) in [7, 11) is 0. The molecular formula is C21H23BrIN4O2-. The minimum absolute atomic E-state index is 0.250. The van der Waals surface area contributed by atoms with Gasteiger partial charge in [-0.3, -0.25) is 0 Å². The number of nitrogens with zero attached hydrogens (tertiary/aromatic N) is 3. The van der Waals surface area contributed by atoms with Gasteiger partial charge >= 0.3 is 172 Å². The molecule has 0 saturated carbocycles. The van der Waals surface area contributed by atoms with Crippen LogP contribution < -0.4 is 26.8 Å². The normalized spacial score (nSPS) is 18.0. The van der Waals surface area contributed by atoms with Crippen LogP contribution in [0.5, 0.6) is 0 Å². The van der Waals surface area contributed by atoms with Crippen LogP contribution in [0.15, 0.2) is 47.9 Å². The Bertz CT molecular complexity index is 971. The number of anilines is 1. The van der Waals surface area contributed by atoms with Crippen molar-refractivity contribution in [3.63, 3.8) is 0 Å². The molecule has 6 nitrogen and oxygen atoms in total. The molecule has 1 fully saturated rings. The van der Waals surface area contributed by atoms with Crippen molar-refractivity contribution < 1.29 is 31.0 Å². The molecule has 0 unspecified atom stereocenters. The van der Waals surface area contributed by atoms with Crippen molar-refractivity contribution >= 4 is 38.4 Å². The Morgan fingerprint density at radius 1 is 1.24 bits per heavy atom. The second-order valence-electron chi connectivity index (χ2n) is 7.00. The van der Waals surface area contributed by atoms with E-state index in [1.54, 1.807) is 6.33 Å². The van der Waals surface area contributed by atoms with Crippen LogP contribution >= 0.6 is 15.9 Å². The van der Waals surface area contributed by atoms with Gasteiger partial charge in [-0.2, -0.15) is 0 Å². The van der Waals surface area contributed by atoms with E-state index in [2.05, 4.69) is 62.8 Å². The van der Waals surface area contributed by atoms with E-state index >= 15 is 0 Å². The fraction of sp³-hybridized carbons (Fsp3) is 0.381. The molecule has 154 valence electrons. The van der Waals surface area contributed by atoms with Crippen LogP contribution in [-0.2, 0) is 16.1 Å². The van der Waals surface area contributed by atoms with Gasteiger partial charge in [0.15, 0.2) is 0 Å². The first-order chi connectivity index (χ1) is 14.2. The third kappa shape index (κ3) is 5.62. The maximum atomic E-state index is 6.14. The number of benzene rings is 1. The first kappa shape index (κ1) is 20.9. The fourth-order valence-electron chi connectivity index (χ4n) is 3.24. The van der Waals surface area contributed by atoms with Gasteiger partial charge in [0, 0.05) is 13.2 Å². The second kappa shape index (κ2) is 10.1. The Hall–Kier alpha value is -1.36. The van der Waals surface area contributed by atoms with Crippen molar-refractivity contribution in [1.82, 2.24) is 9.97 Å². The summed E-state index contributed by atoms with van der Waals surface area (Å²) in [5, 5.41) is 4.47. The summed E-state index contributed by atoms with van der Waals surface area (Å²) in [5.41, 5.74) is 4.32. The van der Waals surface area contributed by atoms with Gasteiger partial charge < -0.3 is 4.74 Å². The molecule has 0 radical (unpaired) electrons. The van der Waals surface area contributed by atoms with Crippen LogP contribution in [0.4, 0.5) is 5.82 Å². The Morgan fingerprint density at radius 3 is 2.97 bits per heavy atom. The molecule has 2 aliphatic rings.